The fraction of sp³-hybridized carbons (Fsp3) is 1.00. The van der Waals surface area contributed by atoms with E-state index in [4.69, 9.17) is 0 Å². The lowest BCUT2D eigenvalue weighted by Crippen LogP contribution is -2.47. The Labute approximate surface area is 92.2 Å². The Balaban J connectivity index is 1.73. The zero-order chi connectivity index (χ0) is 10.7. The molecule has 0 radical (unpaired) electrons. The van der Waals surface area contributed by atoms with Crippen molar-refractivity contribution in [2.75, 3.05) is 52.9 Å². The van der Waals surface area contributed by atoms with E-state index in [0.29, 0.717) is 5.92 Å². The van der Waals surface area contributed by atoms with Crippen LogP contribution >= 0.6 is 0 Å². The number of aliphatic hydroxyl groups excluding tert-OH is 1. The molecule has 4 heteroatoms. The Morgan fingerprint density at radius 1 is 1.33 bits per heavy atom. The van der Waals surface area contributed by atoms with E-state index in [1.165, 1.54) is 0 Å². The third-order valence-electron chi connectivity index (χ3n) is 3.63. The molecule has 0 saturated carbocycles. The average Bonchev–Trinajstić information content (AvgIpc) is 2.66. The molecular formula is C11H23N3O. The lowest BCUT2D eigenvalue weighted by molar-refractivity contribution is 0.0625. The van der Waals surface area contributed by atoms with Crippen LogP contribution in [0.15, 0.2) is 0 Å². The zero-order valence-electron chi connectivity index (χ0n) is 9.65. The largest absolute Gasteiger partial charge is 0.391 e. The molecule has 4 nitrogen and oxygen atoms in total. The quantitative estimate of drug-likeness (QED) is 0.644. The Hall–Kier alpha value is -0.160. The minimum Gasteiger partial charge on any atom is -0.391 e. The molecule has 2 unspecified atom stereocenters. The highest BCUT2D eigenvalue weighted by molar-refractivity contribution is 4.82. The first-order valence-corrected chi connectivity index (χ1v) is 6.05. The second kappa shape index (κ2) is 5.25. The summed E-state index contributed by atoms with van der Waals surface area (Å²) in [4.78, 5) is 4.69. The molecule has 0 spiro atoms. The molecule has 0 aromatic rings. The molecule has 2 atom stereocenters. The number of aliphatic hydroxyl groups is 1. The molecule has 2 heterocycles. The van der Waals surface area contributed by atoms with E-state index in [2.05, 4.69) is 22.2 Å². The van der Waals surface area contributed by atoms with Crippen molar-refractivity contribution in [3.63, 3.8) is 0 Å². The van der Waals surface area contributed by atoms with Gasteiger partial charge in [0.25, 0.3) is 0 Å². The van der Waals surface area contributed by atoms with Gasteiger partial charge >= 0.3 is 0 Å². The maximum atomic E-state index is 10.1. The Morgan fingerprint density at radius 2 is 2.07 bits per heavy atom. The highest BCUT2D eigenvalue weighted by Crippen LogP contribution is 2.19. The van der Waals surface area contributed by atoms with Crippen LogP contribution in [0.4, 0.5) is 0 Å². The summed E-state index contributed by atoms with van der Waals surface area (Å²) >= 11 is 0. The molecule has 0 amide bonds. The minimum atomic E-state index is -0.131. The van der Waals surface area contributed by atoms with E-state index < -0.39 is 0 Å². The fourth-order valence-electron chi connectivity index (χ4n) is 2.59. The van der Waals surface area contributed by atoms with Gasteiger partial charge in [0.1, 0.15) is 0 Å². The van der Waals surface area contributed by atoms with Gasteiger partial charge in [0, 0.05) is 39.3 Å². The Bertz CT molecular complexity index is 194. The van der Waals surface area contributed by atoms with E-state index in [9.17, 15) is 5.11 Å². The summed E-state index contributed by atoms with van der Waals surface area (Å²) in [6.07, 6.45) is 1.03. The van der Waals surface area contributed by atoms with Gasteiger partial charge in [-0.3, -0.25) is 4.90 Å². The summed E-state index contributed by atoms with van der Waals surface area (Å²) in [5.41, 5.74) is 0. The number of hydrogen-bond donors (Lipinski definition) is 2. The fourth-order valence-corrected chi connectivity index (χ4v) is 2.59. The smallest absolute Gasteiger partial charge is 0.0707 e. The summed E-state index contributed by atoms with van der Waals surface area (Å²) in [6.45, 7) is 7.37. The first-order valence-electron chi connectivity index (χ1n) is 6.05. The van der Waals surface area contributed by atoms with Crippen LogP contribution < -0.4 is 5.32 Å². The second-order valence-electron chi connectivity index (χ2n) is 4.93. The van der Waals surface area contributed by atoms with E-state index in [-0.39, 0.29) is 6.10 Å². The summed E-state index contributed by atoms with van der Waals surface area (Å²) in [7, 11) is 2.14. The van der Waals surface area contributed by atoms with Crippen molar-refractivity contribution in [2.45, 2.75) is 12.5 Å². The van der Waals surface area contributed by atoms with Gasteiger partial charge in [-0.1, -0.05) is 0 Å². The molecule has 0 aliphatic carbocycles. The number of likely N-dealkylation sites (tertiary alicyclic amines) is 1. The number of piperazine rings is 1. The number of nitrogens with one attached hydrogen (secondary N) is 1. The van der Waals surface area contributed by atoms with Crippen LogP contribution in [-0.2, 0) is 0 Å². The normalized spacial score (nSPS) is 32.0. The van der Waals surface area contributed by atoms with Crippen molar-refractivity contribution < 1.29 is 5.11 Å². The van der Waals surface area contributed by atoms with Crippen molar-refractivity contribution in [3.8, 4) is 0 Å². The molecule has 88 valence electrons. The van der Waals surface area contributed by atoms with Gasteiger partial charge in [-0.2, -0.15) is 0 Å². The molecular weight excluding hydrogens is 190 g/mol. The minimum absolute atomic E-state index is 0.131. The van der Waals surface area contributed by atoms with Crippen molar-refractivity contribution >= 4 is 0 Å². The van der Waals surface area contributed by atoms with Crippen molar-refractivity contribution in [1.82, 2.24) is 15.1 Å². The van der Waals surface area contributed by atoms with Gasteiger partial charge in [-0.25, -0.2) is 0 Å². The number of β-amino-alcohol motifs (C(OH)–C–C–N with tert-alkyl or cyclic N) is 1. The molecule has 0 bridgehead atoms. The predicted molar refractivity (Wildman–Crippen MR) is 60.9 cm³/mol. The van der Waals surface area contributed by atoms with Crippen molar-refractivity contribution in [3.05, 3.63) is 0 Å². The number of rotatable bonds is 3. The van der Waals surface area contributed by atoms with Crippen LogP contribution in [0.2, 0.25) is 0 Å². The third kappa shape index (κ3) is 3.14. The zero-order valence-corrected chi connectivity index (χ0v) is 9.65. The lowest BCUT2D eigenvalue weighted by Gasteiger charge is -2.30. The molecule has 0 aromatic carbocycles. The van der Waals surface area contributed by atoms with Gasteiger partial charge in [0.15, 0.2) is 0 Å². The molecule has 15 heavy (non-hydrogen) atoms. The van der Waals surface area contributed by atoms with Gasteiger partial charge in [0.05, 0.1) is 6.10 Å². The SMILES string of the molecule is CN1CCC(C(O)CN2CCNCC2)C1. The van der Waals surface area contributed by atoms with E-state index in [1.807, 2.05) is 0 Å². The standard InChI is InChI=1S/C11H23N3O/c1-13-5-2-10(8-13)11(15)9-14-6-3-12-4-7-14/h10-12,15H,2-9H2,1H3. The van der Waals surface area contributed by atoms with Gasteiger partial charge in [-0.05, 0) is 25.9 Å². The maximum absolute atomic E-state index is 10.1. The van der Waals surface area contributed by atoms with Crippen LogP contribution in [0.1, 0.15) is 6.42 Å². The number of nitrogens with zero attached hydrogens (tertiary/aromatic N) is 2. The van der Waals surface area contributed by atoms with Gasteiger partial charge in [-0.15, -0.1) is 0 Å². The monoisotopic (exact) mass is 213 g/mol. The molecule has 2 saturated heterocycles. The summed E-state index contributed by atoms with van der Waals surface area (Å²) < 4.78 is 0. The van der Waals surface area contributed by atoms with Crippen molar-refractivity contribution in [1.29, 1.82) is 0 Å². The molecule has 0 aromatic heterocycles. The first kappa shape index (κ1) is 11.3. The molecule has 2 aliphatic heterocycles. The molecule has 2 aliphatic rings. The first-order chi connectivity index (χ1) is 7.25. The van der Waals surface area contributed by atoms with Crippen molar-refractivity contribution in [2.24, 2.45) is 5.92 Å². The van der Waals surface area contributed by atoms with E-state index in [1.54, 1.807) is 0 Å². The van der Waals surface area contributed by atoms with Crippen LogP contribution in [0.5, 0.6) is 0 Å². The highest BCUT2D eigenvalue weighted by atomic mass is 16.3. The van der Waals surface area contributed by atoms with Gasteiger partial charge in [0.2, 0.25) is 0 Å². The highest BCUT2D eigenvalue weighted by Gasteiger charge is 2.27. The van der Waals surface area contributed by atoms with E-state index >= 15 is 0 Å². The maximum Gasteiger partial charge on any atom is 0.0707 e. The van der Waals surface area contributed by atoms with Gasteiger partial charge < -0.3 is 15.3 Å². The molecule has 2 rings (SSSR count). The topological polar surface area (TPSA) is 38.7 Å². The second-order valence-corrected chi connectivity index (χ2v) is 4.93. The lowest BCUT2D eigenvalue weighted by atomic mass is 10.0. The van der Waals surface area contributed by atoms with Crippen LogP contribution in [-0.4, -0.2) is 73.9 Å². The number of hydrogen-bond acceptors (Lipinski definition) is 4. The summed E-state index contributed by atoms with van der Waals surface area (Å²) in [6, 6.07) is 0. The molecule has 2 fully saturated rings. The average molecular weight is 213 g/mol. The van der Waals surface area contributed by atoms with Crippen LogP contribution in [0, 0.1) is 5.92 Å². The molecule has 2 N–H and O–H groups in total. The van der Waals surface area contributed by atoms with E-state index in [0.717, 1.165) is 52.2 Å². The predicted octanol–water partition coefficient (Wildman–Crippen LogP) is -0.796. The van der Waals surface area contributed by atoms with Crippen LogP contribution in [0.3, 0.4) is 0 Å². The van der Waals surface area contributed by atoms with Crippen LogP contribution in [0.25, 0.3) is 0 Å². The Kier molecular flexibility index (Phi) is 3.97. The Morgan fingerprint density at radius 3 is 2.67 bits per heavy atom. The summed E-state index contributed by atoms with van der Waals surface area (Å²) in [5.74, 6) is 0.491. The summed E-state index contributed by atoms with van der Waals surface area (Å²) in [5, 5.41) is 13.5. The third-order valence-corrected chi connectivity index (χ3v) is 3.63.